The van der Waals surface area contributed by atoms with Crippen molar-refractivity contribution >= 4 is 28.7 Å². The molecule has 1 aromatic carbocycles. The summed E-state index contributed by atoms with van der Waals surface area (Å²) in [5, 5.41) is 16.3. The summed E-state index contributed by atoms with van der Waals surface area (Å²) in [5.41, 5.74) is 3.90. The Bertz CT molecular complexity index is 1190. The van der Waals surface area contributed by atoms with Crippen LogP contribution in [0.4, 0.5) is 4.39 Å². The van der Waals surface area contributed by atoms with Crippen molar-refractivity contribution < 1.29 is 29.0 Å². The van der Waals surface area contributed by atoms with E-state index >= 15 is 0 Å². The monoisotopic (exact) mass is 442 g/mol. The molecule has 32 heavy (non-hydrogen) atoms. The van der Waals surface area contributed by atoms with Crippen LogP contribution in [0.5, 0.6) is 0 Å². The fourth-order valence-corrected chi connectivity index (χ4v) is 3.77. The molecule has 3 N–H and O–H groups in total. The first-order chi connectivity index (χ1) is 15.2. The van der Waals surface area contributed by atoms with Gasteiger partial charge in [0, 0.05) is 42.5 Å². The lowest BCUT2D eigenvalue weighted by Gasteiger charge is -2.20. The van der Waals surface area contributed by atoms with Crippen LogP contribution >= 0.6 is 0 Å². The number of carbonyl (C=O) groups is 3. The van der Waals surface area contributed by atoms with Crippen molar-refractivity contribution in [2.75, 3.05) is 6.54 Å². The van der Waals surface area contributed by atoms with Gasteiger partial charge in [-0.1, -0.05) is 12.1 Å². The molecule has 0 spiro atoms. The fraction of sp³-hybridized carbons (Fsp3) is 0.273. The molecule has 3 heterocycles. The van der Waals surface area contributed by atoms with Crippen LogP contribution in [0.1, 0.15) is 33.9 Å². The van der Waals surface area contributed by atoms with Crippen molar-refractivity contribution in [3.05, 3.63) is 65.1 Å². The van der Waals surface area contributed by atoms with Crippen LogP contribution in [-0.2, 0) is 29.6 Å². The third kappa shape index (κ3) is 4.69. The van der Waals surface area contributed by atoms with Crippen LogP contribution in [0.2, 0.25) is 0 Å². The molecule has 1 amide bonds. The van der Waals surface area contributed by atoms with Gasteiger partial charge in [0.05, 0.1) is 29.6 Å². The second kappa shape index (κ2) is 9.46. The summed E-state index contributed by atoms with van der Waals surface area (Å²) in [5.74, 6) is -2.84. The Morgan fingerprint density at radius 2 is 1.94 bits per heavy atom. The van der Waals surface area contributed by atoms with Gasteiger partial charge in [-0.05, 0) is 25.8 Å². The molecule has 10 heteroatoms. The molecule has 0 saturated carbocycles. The standard InChI is InChI=1S/C18H19FN4O.C4H4O4/c1-11-14(21-10-20-11)9-23-8-4-7-15-16(18(23)24)12-5-3-6-13(19)17(12)22(15)2;5-3(6)1-2-4(7)8/h3,5-6,10H,4,7-9H2,1-2H3,(H,20,21);1-2H,(H,5,6)(H,7,8). The summed E-state index contributed by atoms with van der Waals surface area (Å²) in [6, 6.07) is 4.94. The van der Waals surface area contributed by atoms with Gasteiger partial charge in [-0.2, -0.15) is 0 Å². The first kappa shape index (κ1) is 22.7. The highest BCUT2D eigenvalue weighted by molar-refractivity contribution is 6.08. The number of hydrogen-bond acceptors (Lipinski definition) is 4. The summed E-state index contributed by atoms with van der Waals surface area (Å²) >= 11 is 0. The van der Waals surface area contributed by atoms with Crippen molar-refractivity contribution in [2.24, 2.45) is 7.05 Å². The van der Waals surface area contributed by atoms with Gasteiger partial charge < -0.3 is 24.7 Å². The molecule has 1 aliphatic rings. The van der Waals surface area contributed by atoms with E-state index in [4.69, 9.17) is 10.2 Å². The zero-order valence-electron chi connectivity index (χ0n) is 17.6. The molecule has 168 valence electrons. The molecule has 3 aromatic rings. The van der Waals surface area contributed by atoms with Gasteiger partial charge in [0.25, 0.3) is 5.91 Å². The number of amides is 1. The normalized spacial score (nSPS) is 13.6. The molecule has 0 radical (unpaired) electrons. The van der Waals surface area contributed by atoms with E-state index in [0.29, 0.717) is 41.7 Å². The fourth-order valence-electron chi connectivity index (χ4n) is 3.77. The summed E-state index contributed by atoms with van der Waals surface area (Å²) in [4.78, 5) is 41.4. The van der Waals surface area contributed by atoms with Gasteiger partial charge in [0.15, 0.2) is 0 Å². The second-order valence-corrected chi connectivity index (χ2v) is 7.33. The molecule has 4 rings (SSSR count). The number of hydrogen-bond donors (Lipinski definition) is 3. The molecule has 0 fully saturated rings. The topological polar surface area (TPSA) is 129 Å². The molecule has 0 bridgehead atoms. The average Bonchev–Trinajstić information content (AvgIpc) is 3.21. The number of para-hydroxylation sites is 1. The Morgan fingerprint density at radius 1 is 1.25 bits per heavy atom. The van der Waals surface area contributed by atoms with Crippen LogP contribution in [0.3, 0.4) is 0 Å². The van der Waals surface area contributed by atoms with E-state index in [1.807, 2.05) is 29.5 Å². The first-order valence-corrected chi connectivity index (χ1v) is 9.88. The van der Waals surface area contributed by atoms with E-state index in [2.05, 4.69) is 9.97 Å². The van der Waals surface area contributed by atoms with Crippen LogP contribution in [0.15, 0.2) is 36.7 Å². The molecule has 9 nitrogen and oxygen atoms in total. The van der Waals surface area contributed by atoms with Crippen LogP contribution in [0, 0.1) is 12.7 Å². The average molecular weight is 442 g/mol. The Morgan fingerprint density at radius 3 is 2.53 bits per heavy atom. The van der Waals surface area contributed by atoms with Gasteiger partial charge in [0.1, 0.15) is 5.82 Å². The predicted molar refractivity (Wildman–Crippen MR) is 114 cm³/mol. The maximum Gasteiger partial charge on any atom is 0.328 e. The maximum absolute atomic E-state index is 14.3. The SMILES string of the molecule is Cc1[nH]cnc1CN1CCCc2c(c3cccc(F)c3n2C)C1=O.O=C(O)C=CC(=O)O. The number of carboxylic acid groups (broad SMARTS) is 2. The van der Waals surface area contributed by atoms with Crippen LogP contribution in [-0.4, -0.2) is 54.0 Å². The number of nitrogens with zero attached hydrogens (tertiary/aromatic N) is 3. The molecule has 0 aliphatic carbocycles. The van der Waals surface area contributed by atoms with Crippen molar-refractivity contribution in [3.8, 4) is 0 Å². The summed E-state index contributed by atoms with van der Waals surface area (Å²) in [6.07, 6.45) is 4.38. The number of benzene rings is 1. The van der Waals surface area contributed by atoms with E-state index in [1.54, 1.807) is 12.4 Å². The number of carbonyl (C=O) groups excluding carboxylic acids is 1. The lowest BCUT2D eigenvalue weighted by Crippen LogP contribution is -2.30. The maximum atomic E-state index is 14.3. The highest BCUT2D eigenvalue weighted by Crippen LogP contribution is 2.31. The summed E-state index contributed by atoms with van der Waals surface area (Å²) < 4.78 is 16.1. The van der Waals surface area contributed by atoms with E-state index in [-0.39, 0.29) is 11.7 Å². The second-order valence-electron chi connectivity index (χ2n) is 7.33. The molecule has 0 unspecified atom stereocenters. The number of imidazole rings is 1. The number of aromatic amines is 1. The smallest absolute Gasteiger partial charge is 0.328 e. The van der Waals surface area contributed by atoms with Crippen molar-refractivity contribution in [1.82, 2.24) is 19.4 Å². The zero-order chi connectivity index (χ0) is 23.4. The molecular weight excluding hydrogens is 419 g/mol. The Kier molecular flexibility index (Phi) is 6.72. The van der Waals surface area contributed by atoms with Crippen molar-refractivity contribution in [1.29, 1.82) is 0 Å². The lowest BCUT2D eigenvalue weighted by molar-refractivity contribution is -0.134. The molecule has 0 saturated heterocycles. The number of H-pyrrole nitrogens is 1. The minimum atomic E-state index is -1.26. The van der Waals surface area contributed by atoms with Gasteiger partial charge in [0.2, 0.25) is 0 Å². The van der Waals surface area contributed by atoms with Crippen LogP contribution in [0.25, 0.3) is 10.9 Å². The highest BCUT2D eigenvalue weighted by atomic mass is 19.1. The van der Waals surface area contributed by atoms with E-state index in [9.17, 15) is 18.8 Å². The Labute approximate surface area is 182 Å². The molecular formula is C22H23FN4O5. The van der Waals surface area contributed by atoms with Gasteiger partial charge >= 0.3 is 11.9 Å². The number of carboxylic acids is 2. The highest BCUT2D eigenvalue weighted by Gasteiger charge is 2.29. The molecule has 2 aromatic heterocycles. The van der Waals surface area contributed by atoms with Crippen molar-refractivity contribution in [2.45, 2.75) is 26.3 Å². The summed E-state index contributed by atoms with van der Waals surface area (Å²) in [6.45, 7) is 3.10. The summed E-state index contributed by atoms with van der Waals surface area (Å²) in [7, 11) is 1.84. The minimum Gasteiger partial charge on any atom is -0.478 e. The van der Waals surface area contributed by atoms with E-state index < -0.39 is 11.9 Å². The van der Waals surface area contributed by atoms with Gasteiger partial charge in [-0.25, -0.2) is 19.0 Å². The predicted octanol–water partition coefficient (Wildman–Crippen LogP) is 2.65. The number of aryl methyl sites for hydroxylation is 2. The van der Waals surface area contributed by atoms with Gasteiger partial charge in [-0.15, -0.1) is 0 Å². The van der Waals surface area contributed by atoms with E-state index in [0.717, 1.165) is 29.9 Å². The molecule has 0 atom stereocenters. The Balaban J connectivity index is 0.000000312. The lowest BCUT2D eigenvalue weighted by atomic mass is 10.1. The van der Waals surface area contributed by atoms with Gasteiger partial charge in [-0.3, -0.25) is 4.79 Å². The van der Waals surface area contributed by atoms with E-state index in [1.165, 1.54) is 6.07 Å². The Hall–Kier alpha value is -3.95. The third-order valence-electron chi connectivity index (χ3n) is 5.27. The number of nitrogens with one attached hydrogen (secondary N) is 1. The quantitative estimate of drug-likeness (QED) is 0.533. The number of rotatable bonds is 4. The number of aromatic nitrogens is 3. The number of halogens is 1. The number of fused-ring (bicyclic) bond motifs is 3. The van der Waals surface area contributed by atoms with Crippen molar-refractivity contribution in [3.63, 3.8) is 0 Å². The first-order valence-electron chi connectivity index (χ1n) is 9.88. The third-order valence-corrected chi connectivity index (χ3v) is 5.27. The number of aliphatic carboxylic acids is 2. The molecule has 1 aliphatic heterocycles. The zero-order valence-corrected chi connectivity index (χ0v) is 17.6. The minimum absolute atomic E-state index is 0.0406. The van der Waals surface area contributed by atoms with Crippen LogP contribution < -0.4 is 0 Å². The largest absolute Gasteiger partial charge is 0.478 e.